The molecule has 2 aromatic heterocycles. The number of aromatic nitrogens is 2. The number of rotatable bonds is 8. The fraction of sp³-hybridized carbons (Fsp3) is 0.0909. The predicted octanol–water partition coefficient (Wildman–Crippen LogP) is 3.15. The first kappa shape index (κ1) is 20.8. The molecule has 158 valence electrons. The lowest BCUT2D eigenvalue weighted by molar-refractivity contribution is -0.311. The fourth-order valence-electron chi connectivity index (χ4n) is 3.00. The number of ether oxygens (including phenoxy) is 1. The molecular formula is C22H18N3O5P-2. The van der Waals surface area contributed by atoms with Crippen LogP contribution in [0, 0.1) is 0 Å². The largest absolute Gasteiger partial charge is 0.795 e. The van der Waals surface area contributed by atoms with Gasteiger partial charge in [-0.2, -0.15) is 0 Å². The highest BCUT2D eigenvalue weighted by Crippen LogP contribution is 2.33. The van der Waals surface area contributed by atoms with Gasteiger partial charge in [0.25, 0.3) is 0 Å². The van der Waals surface area contributed by atoms with Crippen LogP contribution in [0.15, 0.2) is 83.5 Å². The minimum absolute atomic E-state index is 0.0987. The van der Waals surface area contributed by atoms with Gasteiger partial charge in [0.1, 0.15) is 18.2 Å². The molecule has 0 saturated heterocycles. The van der Waals surface area contributed by atoms with Crippen molar-refractivity contribution in [2.45, 2.75) is 13.0 Å². The predicted molar refractivity (Wildman–Crippen MR) is 111 cm³/mol. The number of hydrogen-bond donors (Lipinski definition) is 1. The van der Waals surface area contributed by atoms with Crippen LogP contribution in [-0.4, -0.2) is 10.1 Å². The van der Waals surface area contributed by atoms with Crippen molar-refractivity contribution in [1.82, 2.24) is 10.1 Å². The molecule has 0 saturated carbocycles. The minimum atomic E-state index is -5.00. The molecule has 0 amide bonds. The topological polar surface area (TPSA) is 123 Å². The van der Waals surface area contributed by atoms with Gasteiger partial charge < -0.3 is 28.7 Å². The zero-order valence-electron chi connectivity index (χ0n) is 16.3. The van der Waals surface area contributed by atoms with Gasteiger partial charge in [-0.3, -0.25) is 0 Å². The minimum Gasteiger partial charge on any atom is -0.795 e. The second-order valence-electron chi connectivity index (χ2n) is 6.79. The number of benzene rings is 2. The van der Waals surface area contributed by atoms with Gasteiger partial charge in [-0.15, -0.1) is 0 Å². The average molecular weight is 435 g/mol. The lowest BCUT2D eigenvalue weighted by atomic mass is 10.1. The summed E-state index contributed by atoms with van der Waals surface area (Å²) in [5, 5.41) is 5.91. The van der Waals surface area contributed by atoms with Crippen LogP contribution in [0.2, 0.25) is 0 Å². The molecule has 0 unspecified atom stereocenters. The van der Waals surface area contributed by atoms with Gasteiger partial charge in [0.05, 0.1) is 11.3 Å². The highest BCUT2D eigenvalue weighted by molar-refractivity contribution is 7.50. The Hall–Kier alpha value is -3.45. The molecule has 0 fully saturated rings. The summed E-state index contributed by atoms with van der Waals surface area (Å²) in [6.07, 6.45) is 1.88. The summed E-state index contributed by atoms with van der Waals surface area (Å²) in [4.78, 5) is 26.0. The quantitative estimate of drug-likeness (QED) is 0.419. The molecule has 1 N–H and O–H groups in total. The molecule has 8 nitrogen and oxygen atoms in total. The summed E-state index contributed by atoms with van der Waals surface area (Å²) in [6, 6.07) is 22.5. The lowest BCUT2D eigenvalue weighted by Crippen LogP contribution is -2.21. The summed E-state index contributed by atoms with van der Waals surface area (Å²) in [5.74, 6) is 0.972. The first-order valence-corrected chi connectivity index (χ1v) is 11.0. The molecule has 2 heterocycles. The maximum absolute atomic E-state index is 11.0. The lowest BCUT2D eigenvalue weighted by Gasteiger charge is -2.30. The Balaban J connectivity index is 1.42. The summed E-state index contributed by atoms with van der Waals surface area (Å²) >= 11 is 0. The molecule has 0 bridgehead atoms. The molecule has 0 aliphatic rings. The van der Waals surface area contributed by atoms with Crippen molar-refractivity contribution in [2.75, 3.05) is 5.09 Å². The first-order valence-electron chi connectivity index (χ1n) is 9.43. The molecule has 31 heavy (non-hydrogen) atoms. The van der Waals surface area contributed by atoms with Crippen LogP contribution in [0.5, 0.6) is 5.75 Å². The SMILES string of the molecule is O=P([O-])([O-])Nc1ncccc1-c1cc(Cc2ccc(OCc3ccccc3)cc2)no1. The molecule has 0 aliphatic carbocycles. The molecule has 0 aliphatic heterocycles. The molecule has 4 rings (SSSR count). The highest BCUT2D eigenvalue weighted by atomic mass is 31.2. The number of nitrogens with zero attached hydrogens (tertiary/aromatic N) is 2. The highest BCUT2D eigenvalue weighted by Gasteiger charge is 2.13. The van der Waals surface area contributed by atoms with Crippen molar-refractivity contribution < 1.29 is 23.6 Å². The Morgan fingerprint density at radius 1 is 0.968 bits per heavy atom. The molecule has 0 atom stereocenters. The van der Waals surface area contributed by atoms with Crippen LogP contribution < -0.4 is 19.6 Å². The van der Waals surface area contributed by atoms with E-state index in [0.29, 0.717) is 30.0 Å². The van der Waals surface area contributed by atoms with Gasteiger partial charge in [-0.25, -0.2) is 4.98 Å². The van der Waals surface area contributed by atoms with E-state index < -0.39 is 7.75 Å². The van der Waals surface area contributed by atoms with Gasteiger partial charge in [-0.1, -0.05) is 47.6 Å². The first-order chi connectivity index (χ1) is 15.0. The molecule has 2 aromatic carbocycles. The van der Waals surface area contributed by atoms with Crippen LogP contribution in [0.25, 0.3) is 11.3 Å². The molecular weight excluding hydrogens is 417 g/mol. The van der Waals surface area contributed by atoms with E-state index in [4.69, 9.17) is 9.26 Å². The fourth-order valence-corrected chi connectivity index (χ4v) is 3.44. The Morgan fingerprint density at radius 3 is 2.48 bits per heavy atom. The number of nitrogens with one attached hydrogen (secondary N) is 1. The Labute approximate surface area is 178 Å². The van der Waals surface area contributed by atoms with Crippen molar-refractivity contribution in [3.63, 3.8) is 0 Å². The smallest absolute Gasteiger partial charge is 0.170 e. The molecule has 0 spiro atoms. The molecule has 4 aromatic rings. The van der Waals surface area contributed by atoms with Crippen LogP contribution in [0.4, 0.5) is 5.82 Å². The summed E-state index contributed by atoms with van der Waals surface area (Å²) in [7, 11) is -5.00. The van der Waals surface area contributed by atoms with E-state index in [-0.39, 0.29) is 5.82 Å². The van der Waals surface area contributed by atoms with Gasteiger partial charge in [0, 0.05) is 26.4 Å². The zero-order chi connectivity index (χ0) is 21.7. The van der Waals surface area contributed by atoms with Crippen LogP contribution in [0.3, 0.4) is 0 Å². The summed E-state index contributed by atoms with van der Waals surface area (Å²) < 4.78 is 22.2. The monoisotopic (exact) mass is 435 g/mol. The van der Waals surface area contributed by atoms with Crippen molar-refractivity contribution in [1.29, 1.82) is 0 Å². The number of hydrogen-bond acceptors (Lipinski definition) is 7. The van der Waals surface area contributed by atoms with E-state index in [2.05, 4.69) is 10.1 Å². The molecule has 0 radical (unpaired) electrons. The van der Waals surface area contributed by atoms with E-state index in [9.17, 15) is 14.4 Å². The average Bonchev–Trinajstić information content (AvgIpc) is 3.21. The van der Waals surface area contributed by atoms with E-state index in [0.717, 1.165) is 16.9 Å². The number of pyridine rings is 1. The Bertz CT molecular complexity index is 1190. The maximum Gasteiger partial charge on any atom is 0.170 e. The van der Waals surface area contributed by atoms with Crippen molar-refractivity contribution in [3.8, 4) is 17.1 Å². The Morgan fingerprint density at radius 2 is 1.74 bits per heavy atom. The third-order valence-corrected chi connectivity index (χ3v) is 4.92. The van der Waals surface area contributed by atoms with E-state index in [1.807, 2.05) is 59.7 Å². The van der Waals surface area contributed by atoms with Gasteiger partial charge >= 0.3 is 0 Å². The van der Waals surface area contributed by atoms with Crippen LogP contribution >= 0.6 is 7.75 Å². The van der Waals surface area contributed by atoms with Crippen LogP contribution in [-0.2, 0) is 17.6 Å². The van der Waals surface area contributed by atoms with Gasteiger partial charge in [-0.05, 0) is 35.4 Å². The van der Waals surface area contributed by atoms with E-state index in [1.54, 1.807) is 18.2 Å². The second kappa shape index (κ2) is 9.14. The Kier molecular flexibility index (Phi) is 6.13. The molecule has 9 heteroatoms. The normalized spacial score (nSPS) is 11.3. The third kappa shape index (κ3) is 5.79. The number of anilines is 1. The summed E-state index contributed by atoms with van der Waals surface area (Å²) in [5.41, 5.74) is 3.07. The van der Waals surface area contributed by atoms with E-state index in [1.165, 1.54) is 6.20 Å². The van der Waals surface area contributed by atoms with Gasteiger partial charge in [0.2, 0.25) is 0 Å². The van der Waals surface area contributed by atoms with E-state index >= 15 is 0 Å². The second-order valence-corrected chi connectivity index (χ2v) is 8.00. The maximum atomic E-state index is 11.0. The summed E-state index contributed by atoms with van der Waals surface area (Å²) in [6.45, 7) is 0.494. The van der Waals surface area contributed by atoms with Crippen molar-refractivity contribution in [3.05, 3.63) is 95.8 Å². The standard InChI is InChI=1S/C22H20N3O5P/c26-31(27,28)25-22-20(7-4-12-23-22)21-14-18(24-30-21)13-16-8-10-19(11-9-16)29-15-17-5-2-1-3-6-17/h1-12,14H,13,15H2,(H3,23,25,26,27,28)/p-2. The van der Waals surface area contributed by atoms with Crippen molar-refractivity contribution in [2.24, 2.45) is 0 Å². The zero-order valence-corrected chi connectivity index (χ0v) is 17.2. The van der Waals surface area contributed by atoms with Crippen LogP contribution in [0.1, 0.15) is 16.8 Å². The van der Waals surface area contributed by atoms with Crippen molar-refractivity contribution >= 4 is 13.6 Å². The third-order valence-electron chi connectivity index (χ3n) is 4.43. The van der Waals surface area contributed by atoms with Gasteiger partial charge in [0.15, 0.2) is 5.76 Å².